The highest BCUT2D eigenvalue weighted by Gasteiger charge is 2.53. The molecule has 1 amide bonds. The molecule has 7 N–H and O–H groups in total. The summed E-state index contributed by atoms with van der Waals surface area (Å²) in [6.45, 7) is 2.94. The minimum absolute atomic E-state index is 0.0233. The zero-order valence-electron chi connectivity index (χ0n) is 24.7. The number of aliphatic hydroxyl groups excluding tert-OH is 5. The van der Waals surface area contributed by atoms with Gasteiger partial charge in [0.2, 0.25) is 12.2 Å². The summed E-state index contributed by atoms with van der Waals surface area (Å²) in [7, 11) is 0. The van der Waals surface area contributed by atoms with Crippen LogP contribution in [0, 0.1) is 5.82 Å². The lowest BCUT2D eigenvalue weighted by Gasteiger charge is -2.41. The minimum Gasteiger partial charge on any atom is -0.504 e. The molecule has 250 valence electrons. The molecule has 0 radical (unpaired) electrons. The Bertz CT molecular complexity index is 1490. The van der Waals surface area contributed by atoms with E-state index in [0.717, 1.165) is 6.07 Å². The molecule has 15 heteroatoms. The van der Waals surface area contributed by atoms with E-state index in [4.69, 9.17) is 35.3 Å². The molecule has 2 aliphatic heterocycles. The van der Waals surface area contributed by atoms with Crippen LogP contribution < -0.4 is 14.8 Å². The van der Waals surface area contributed by atoms with Gasteiger partial charge in [0.25, 0.3) is 0 Å². The molecule has 2 aromatic rings. The third-order valence-electron chi connectivity index (χ3n) is 8.07. The number of phenols is 1. The number of ether oxygens (including phenoxy) is 5. The van der Waals surface area contributed by atoms with E-state index in [1.54, 1.807) is 13.0 Å². The van der Waals surface area contributed by atoms with Gasteiger partial charge >= 0.3 is 0 Å². The van der Waals surface area contributed by atoms with Gasteiger partial charge in [0.1, 0.15) is 73.8 Å². The lowest BCUT2D eigenvalue weighted by Crippen LogP contribution is -2.67. The predicted molar refractivity (Wildman–Crippen MR) is 158 cm³/mol. The van der Waals surface area contributed by atoms with Crippen LogP contribution >= 0.6 is 11.6 Å². The van der Waals surface area contributed by atoms with E-state index < -0.39 is 72.9 Å². The normalized spacial score (nSPS) is 33.1. The average molecular weight is 668 g/mol. The Morgan fingerprint density at radius 3 is 2.41 bits per heavy atom. The molecule has 13 nitrogen and oxygen atoms in total. The van der Waals surface area contributed by atoms with Gasteiger partial charge in [-0.3, -0.25) is 4.79 Å². The second-order valence-corrected chi connectivity index (χ2v) is 11.7. The quantitative estimate of drug-likeness (QED) is 0.147. The van der Waals surface area contributed by atoms with Crippen LogP contribution in [0.15, 0.2) is 53.6 Å². The highest BCUT2D eigenvalue weighted by Crippen LogP contribution is 2.34. The molecule has 46 heavy (non-hydrogen) atoms. The lowest BCUT2D eigenvalue weighted by molar-refractivity contribution is -0.155. The van der Waals surface area contributed by atoms with Gasteiger partial charge in [0.15, 0.2) is 11.5 Å². The van der Waals surface area contributed by atoms with E-state index in [-0.39, 0.29) is 41.2 Å². The van der Waals surface area contributed by atoms with Crippen LogP contribution in [0.4, 0.5) is 4.39 Å². The number of aliphatic hydroxyl groups is 5. The van der Waals surface area contributed by atoms with Crippen molar-refractivity contribution in [3.05, 3.63) is 70.0 Å². The molecule has 10 atom stereocenters. The standard InChI is InChI=1S/C31H35ClFNO12/c1-13(7-8-42-20-11-16(33)4-5-17(20)32)27-25(39)26(40)31(46-27)45-19-6-3-15(10-18(19)35)9-14(2)30(41)34-21-22(36)24(38)29-28(23(21)37)43-12-44-29/h3-7,9-11,21-29,31,35-40H,8,12H2,1-2H3,(H,34,41)/b13-7-,14-9+/t21-,22+,23-,24-,25+,26+,27-,28+,29-,31-/m1/s1. The van der Waals surface area contributed by atoms with E-state index in [1.807, 2.05) is 0 Å². The number of nitrogens with one attached hydrogen (secondary N) is 1. The summed E-state index contributed by atoms with van der Waals surface area (Å²) in [5.41, 5.74) is 1.03. The number of carbonyl (C=O) groups excluding carboxylic acids is 1. The van der Waals surface area contributed by atoms with Crippen LogP contribution in [0.2, 0.25) is 5.02 Å². The van der Waals surface area contributed by atoms with Crippen molar-refractivity contribution < 1.29 is 63.5 Å². The first-order valence-electron chi connectivity index (χ1n) is 14.4. The fourth-order valence-corrected chi connectivity index (χ4v) is 5.64. The molecule has 2 saturated heterocycles. The summed E-state index contributed by atoms with van der Waals surface area (Å²) in [6, 6.07) is 6.66. The number of fused-ring (bicyclic) bond motifs is 1. The van der Waals surface area contributed by atoms with Gasteiger partial charge in [-0.15, -0.1) is 0 Å². The SMILES string of the molecule is C/C(=C/COc1cc(F)ccc1Cl)[C@H]1O[C@@H](Oc2ccc(/C=C(\C)C(=O)N[C@@H]3[C@H](O)[C@@H](O)[C@H]4OCO[C@H]4[C@@H]3O)cc2O)[C@@H](O)[C@@H]1O. The number of hydrogen-bond donors (Lipinski definition) is 7. The maximum absolute atomic E-state index is 13.5. The van der Waals surface area contributed by atoms with E-state index in [1.165, 1.54) is 43.3 Å². The highest BCUT2D eigenvalue weighted by atomic mass is 35.5. The van der Waals surface area contributed by atoms with Gasteiger partial charge in [0, 0.05) is 11.6 Å². The summed E-state index contributed by atoms with van der Waals surface area (Å²) in [5, 5.41) is 65.8. The van der Waals surface area contributed by atoms with Crippen molar-refractivity contribution in [1.82, 2.24) is 5.32 Å². The van der Waals surface area contributed by atoms with E-state index in [9.17, 15) is 39.8 Å². The highest BCUT2D eigenvalue weighted by molar-refractivity contribution is 6.32. The van der Waals surface area contributed by atoms with Crippen molar-refractivity contribution in [3.63, 3.8) is 0 Å². The fraction of sp³-hybridized carbons (Fsp3) is 0.452. The number of amides is 1. The van der Waals surface area contributed by atoms with E-state index in [2.05, 4.69) is 5.32 Å². The number of benzene rings is 2. The summed E-state index contributed by atoms with van der Waals surface area (Å²) in [4.78, 5) is 12.9. The molecule has 2 aromatic carbocycles. The molecule has 0 aromatic heterocycles. The third-order valence-corrected chi connectivity index (χ3v) is 8.39. The molecule has 1 aliphatic carbocycles. The predicted octanol–water partition coefficient (Wildman–Crippen LogP) is 0.761. The Kier molecular flexibility index (Phi) is 10.5. The molecule has 3 aliphatic rings. The monoisotopic (exact) mass is 667 g/mol. The largest absolute Gasteiger partial charge is 0.504 e. The first-order valence-corrected chi connectivity index (χ1v) is 14.8. The van der Waals surface area contributed by atoms with Crippen LogP contribution in [0.3, 0.4) is 0 Å². The fourth-order valence-electron chi connectivity index (χ4n) is 5.47. The molecule has 2 heterocycles. The lowest BCUT2D eigenvalue weighted by atomic mass is 9.83. The molecule has 0 spiro atoms. The second kappa shape index (κ2) is 14.2. The van der Waals surface area contributed by atoms with Crippen molar-refractivity contribution in [2.45, 2.75) is 75.0 Å². The number of phenolic OH excluding ortho intramolecular Hbond substituents is 1. The molecule has 0 unspecified atom stereocenters. The maximum atomic E-state index is 13.5. The Morgan fingerprint density at radius 2 is 1.70 bits per heavy atom. The van der Waals surface area contributed by atoms with Gasteiger partial charge in [0.05, 0.1) is 11.1 Å². The van der Waals surface area contributed by atoms with Crippen molar-refractivity contribution in [3.8, 4) is 17.2 Å². The van der Waals surface area contributed by atoms with Crippen LogP contribution in [-0.4, -0.2) is 111 Å². The second-order valence-electron chi connectivity index (χ2n) is 11.3. The number of aromatic hydroxyl groups is 1. The number of carbonyl (C=O) groups is 1. The van der Waals surface area contributed by atoms with Crippen LogP contribution in [-0.2, 0) is 19.0 Å². The summed E-state index contributed by atoms with van der Waals surface area (Å²) in [6.07, 6.45) is -8.22. The zero-order chi connectivity index (χ0) is 33.3. The Labute approximate surface area is 268 Å². The Balaban J connectivity index is 1.18. The van der Waals surface area contributed by atoms with Crippen LogP contribution in [0.25, 0.3) is 6.08 Å². The van der Waals surface area contributed by atoms with Crippen molar-refractivity contribution >= 4 is 23.6 Å². The topological polar surface area (TPSA) is 197 Å². The minimum atomic E-state index is -1.51. The van der Waals surface area contributed by atoms with E-state index >= 15 is 0 Å². The van der Waals surface area contributed by atoms with Gasteiger partial charge in [-0.2, -0.15) is 0 Å². The van der Waals surface area contributed by atoms with Crippen molar-refractivity contribution in [1.29, 1.82) is 0 Å². The van der Waals surface area contributed by atoms with E-state index in [0.29, 0.717) is 11.1 Å². The van der Waals surface area contributed by atoms with Crippen molar-refractivity contribution in [2.75, 3.05) is 13.4 Å². The number of hydrogen-bond acceptors (Lipinski definition) is 12. The zero-order valence-corrected chi connectivity index (χ0v) is 25.5. The summed E-state index contributed by atoms with van der Waals surface area (Å²) < 4.78 is 40.8. The molecule has 0 bridgehead atoms. The molecular weight excluding hydrogens is 633 g/mol. The van der Waals surface area contributed by atoms with Crippen LogP contribution in [0.5, 0.6) is 17.2 Å². The van der Waals surface area contributed by atoms with Gasteiger partial charge in [-0.1, -0.05) is 17.7 Å². The molecular formula is C31H35ClFNO12. The summed E-state index contributed by atoms with van der Waals surface area (Å²) in [5.74, 6) is -1.45. The van der Waals surface area contributed by atoms with Gasteiger partial charge in [-0.25, -0.2) is 4.39 Å². The Hall–Kier alpha value is -3.31. The van der Waals surface area contributed by atoms with Crippen molar-refractivity contribution in [2.24, 2.45) is 0 Å². The average Bonchev–Trinajstić information content (AvgIpc) is 3.62. The third kappa shape index (κ3) is 7.15. The summed E-state index contributed by atoms with van der Waals surface area (Å²) >= 11 is 6.00. The van der Waals surface area contributed by atoms with Gasteiger partial charge < -0.3 is 59.6 Å². The number of rotatable bonds is 9. The Morgan fingerprint density at radius 1 is 0.978 bits per heavy atom. The first-order chi connectivity index (χ1) is 21.8. The molecule has 1 saturated carbocycles. The molecule has 3 fully saturated rings. The first kappa shape index (κ1) is 34.0. The molecule has 5 rings (SSSR count). The smallest absolute Gasteiger partial charge is 0.247 e. The van der Waals surface area contributed by atoms with Gasteiger partial charge in [-0.05, 0) is 61.4 Å². The van der Waals surface area contributed by atoms with Crippen LogP contribution in [0.1, 0.15) is 19.4 Å². The maximum Gasteiger partial charge on any atom is 0.247 e. The number of halogens is 2.